The summed E-state index contributed by atoms with van der Waals surface area (Å²) in [6, 6.07) is 5.54. The lowest BCUT2D eigenvalue weighted by Crippen LogP contribution is -2.28. The normalized spacial score (nSPS) is 11.4. The number of alkyl halides is 1. The van der Waals surface area contributed by atoms with Crippen LogP contribution in [0.25, 0.3) is 0 Å². The van der Waals surface area contributed by atoms with Crippen molar-refractivity contribution in [3.63, 3.8) is 0 Å². The van der Waals surface area contributed by atoms with Crippen LogP contribution in [0.1, 0.15) is 26.3 Å². The second kappa shape index (κ2) is 5.87. The van der Waals surface area contributed by atoms with Gasteiger partial charge in [-0.3, -0.25) is 4.79 Å². The van der Waals surface area contributed by atoms with E-state index in [-0.39, 0.29) is 5.78 Å². The monoisotopic (exact) mass is 318 g/mol. The third-order valence-corrected chi connectivity index (χ3v) is 3.68. The molecule has 94 valence electrons. The van der Waals surface area contributed by atoms with E-state index in [2.05, 4.69) is 15.9 Å². The summed E-state index contributed by atoms with van der Waals surface area (Å²) < 4.78 is 5.59. The zero-order valence-corrected chi connectivity index (χ0v) is 12.6. The SMILES string of the molecule is CC(=O)C(C)(C)COc1ccc(CBr)c(Cl)c1. The second-order valence-corrected chi connectivity index (χ2v) is 5.58. The molecule has 1 aromatic rings. The van der Waals surface area contributed by atoms with Crippen LogP contribution in [0.2, 0.25) is 5.02 Å². The van der Waals surface area contributed by atoms with Crippen molar-refractivity contribution in [3.05, 3.63) is 28.8 Å². The largest absolute Gasteiger partial charge is 0.493 e. The van der Waals surface area contributed by atoms with Gasteiger partial charge >= 0.3 is 0 Å². The summed E-state index contributed by atoms with van der Waals surface area (Å²) in [6.07, 6.45) is 0. The van der Waals surface area contributed by atoms with Crippen molar-refractivity contribution < 1.29 is 9.53 Å². The molecule has 0 unspecified atom stereocenters. The molecule has 0 radical (unpaired) electrons. The van der Waals surface area contributed by atoms with E-state index in [1.54, 1.807) is 13.0 Å². The second-order valence-electron chi connectivity index (χ2n) is 4.62. The van der Waals surface area contributed by atoms with Gasteiger partial charge in [0.2, 0.25) is 0 Å². The summed E-state index contributed by atoms with van der Waals surface area (Å²) in [7, 11) is 0. The molecule has 0 aliphatic rings. The maximum Gasteiger partial charge on any atom is 0.138 e. The molecule has 1 aromatic carbocycles. The molecule has 2 nitrogen and oxygen atoms in total. The Labute approximate surface area is 115 Å². The topological polar surface area (TPSA) is 26.3 Å². The van der Waals surface area contributed by atoms with Crippen molar-refractivity contribution in [2.75, 3.05) is 6.61 Å². The van der Waals surface area contributed by atoms with Gasteiger partial charge in [0.05, 0.1) is 5.41 Å². The number of Topliss-reactive ketones (excluding diaryl/α,β-unsaturated/α-hetero) is 1. The minimum Gasteiger partial charge on any atom is -0.493 e. The molecule has 0 saturated carbocycles. The zero-order valence-electron chi connectivity index (χ0n) is 10.2. The van der Waals surface area contributed by atoms with Crippen LogP contribution < -0.4 is 4.74 Å². The molecule has 0 heterocycles. The Morgan fingerprint density at radius 2 is 2.12 bits per heavy atom. The van der Waals surface area contributed by atoms with Gasteiger partial charge in [0.1, 0.15) is 18.1 Å². The molecule has 0 aliphatic carbocycles. The number of benzene rings is 1. The summed E-state index contributed by atoms with van der Waals surface area (Å²) in [4.78, 5) is 11.3. The molecule has 0 fully saturated rings. The van der Waals surface area contributed by atoms with E-state index in [4.69, 9.17) is 16.3 Å². The van der Waals surface area contributed by atoms with Crippen LogP contribution >= 0.6 is 27.5 Å². The Bertz CT molecular complexity index is 416. The van der Waals surface area contributed by atoms with Crippen LogP contribution in [0.5, 0.6) is 5.75 Å². The minimum atomic E-state index is -0.472. The molecule has 0 atom stereocenters. The Kier molecular flexibility index (Phi) is 5.02. The predicted molar refractivity (Wildman–Crippen MR) is 74.0 cm³/mol. The number of ether oxygens (including phenoxy) is 1. The standard InChI is InChI=1S/C13H16BrClO2/c1-9(16)13(2,3)8-17-11-5-4-10(7-14)12(15)6-11/h4-6H,7-8H2,1-3H3. The highest BCUT2D eigenvalue weighted by atomic mass is 79.9. The number of hydrogen-bond acceptors (Lipinski definition) is 2. The van der Waals surface area contributed by atoms with Gasteiger partial charge < -0.3 is 4.74 Å². The Balaban J connectivity index is 2.71. The minimum absolute atomic E-state index is 0.112. The van der Waals surface area contributed by atoms with Gasteiger partial charge in [0.25, 0.3) is 0 Å². The summed E-state index contributed by atoms with van der Waals surface area (Å²) >= 11 is 9.42. The van der Waals surface area contributed by atoms with Gasteiger partial charge in [-0.2, -0.15) is 0 Å². The maximum absolute atomic E-state index is 11.3. The van der Waals surface area contributed by atoms with E-state index >= 15 is 0 Å². The number of carbonyl (C=O) groups excluding carboxylic acids is 1. The van der Waals surface area contributed by atoms with Gasteiger partial charge in [-0.25, -0.2) is 0 Å². The first-order chi connectivity index (χ1) is 7.86. The van der Waals surface area contributed by atoms with Crippen LogP contribution in [0, 0.1) is 5.41 Å². The highest BCUT2D eigenvalue weighted by molar-refractivity contribution is 9.08. The lowest BCUT2D eigenvalue weighted by Gasteiger charge is -2.21. The van der Waals surface area contributed by atoms with Crippen molar-refractivity contribution in [2.45, 2.75) is 26.1 Å². The third-order valence-electron chi connectivity index (χ3n) is 2.72. The highest BCUT2D eigenvalue weighted by Crippen LogP contribution is 2.26. The maximum atomic E-state index is 11.3. The smallest absolute Gasteiger partial charge is 0.138 e. The van der Waals surface area contributed by atoms with Gasteiger partial charge in [0, 0.05) is 10.4 Å². The average molecular weight is 320 g/mol. The molecule has 4 heteroatoms. The molecular weight excluding hydrogens is 303 g/mol. The van der Waals surface area contributed by atoms with E-state index in [1.165, 1.54) is 0 Å². The first-order valence-corrected chi connectivity index (χ1v) is 6.85. The zero-order chi connectivity index (χ0) is 13.1. The lowest BCUT2D eigenvalue weighted by molar-refractivity contribution is -0.126. The quantitative estimate of drug-likeness (QED) is 0.759. The van der Waals surface area contributed by atoms with Crippen molar-refractivity contribution in [2.24, 2.45) is 5.41 Å². The molecule has 0 aliphatic heterocycles. The van der Waals surface area contributed by atoms with Gasteiger partial charge in [-0.1, -0.05) is 33.6 Å². The Hall–Kier alpha value is -0.540. The number of ketones is 1. The molecule has 0 amide bonds. The number of rotatable bonds is 5. The van der Waals surface area contributed by atoms with Gasteiger partial charge in [-0.05, 0) is 38.5 Å². The molecule has 17 heavy (non-hydrogen) atoms. The molecule has 0 aromatic heterocycles. The van der Waals surface area contributed by atoms with E-state index in [0.29, 0.717) is 22.7 Å². The summed E-state index contributed by atoms with van der Waals surface area (Å²) in [6.45, 7) is 5.66. The van der Waals surface area contributed by atoms with Crippen molar-refractivity contribution in [1.29, 1.82) is 0 Å². The average Bonchev–Trinajstić information content (AvgIpc) is 2.26. The van der Waals surface area contributed by atoms with Crippen LogP contribution in [0.15, 0.2) is 18.2 Å². The Morgan fingerprint density at radius 3 is 2.59 bits per heavy atom. The van der Waals surface area contributed by atoms with Crippen LogP contribution in [-0.2, 0) is 10.1 Å². The van der Waals surface area contributed by atoms with Crippen molar-refractivity contribution in [1.82, 2.24) is 0 Å². The summed E-state index contributed by atoms with van der Waals surface area (Å²) in [5.41, 5.74) is 0.547. The molecular formula is C13H16BrClO2. The van der Waals surface area contributed by atoms with Crippen LogP contribution in [0.3, 0.4) is 0 Å². The van der Waals surface area contributed by atoms with E-state index in [0.717, 1.165) is 5.56 Å². The molecule has 0 spiro atoms. The Morgan fingerprint density at radius 1 is 1.47 bits per heavy atom. The first kappa shape index (κ1) is 14.5. The van der Waals surface area contributed by atoms with Crippen LogP contribution in [-0.4, -0.2) is 12.4 Å². The third kappa shape index (κ3) is 4.00. The fourth-order valence-corrected chi connectivity index (χ4v) is 1.98. The number of halogens is 2. The van der Waals surface area contributed by atoms with Gasteiger partial charge in [0.15, 0.2) is 0 Å². The predicted octanol–water partition coefficient (Wildman–Crippen LogP) is 4.23. The molecule has 1 rings (SSSR count). The molecule has 0 saturated heterocycles. The molecule has 0 N–H and O–H groups in total. The first-order valence-electron chi connectivity index (χ1n) is 5.35. The van der Waals surface area contributed by atoms with E-state index < -0.39 is 5.41 Å². The van der Waals surface area contributed by atoms with Crippen LogP contribution in [0.4, 0.5) is 0 Å². The fourth-order valence-electron chi connectivity index (χ4n) is 1.09. The highest BCUT2D eigenvalue weighted by Gasteiger charge is 2.24. The number of hydrogen-bond donors (Lipinski definition) is 0. The van der Waals surface area contributed by atoms with E-state index in [1.807, 2.05) is 26.0 Å². The summed E-state index contributed by atoms with van der Waals surface area (Å²) in [5, 5.41) is 1.38. The van der Waals surface area contributed by atoms with E-state index in [9.17, 15) is 4.79 Å². The molecule has 0 bridgehead atoms. The summed E-state index contributed by atoms with van der Waals surface area (Å²) in [5.74, 6) is 0.801. The lowest BCUT2D eigenvalue weighted by atomic mass is 9.90. The van der Waals surface area contributed by atoms with Crippen molar-refractivity contribution in [3.8, 4) is 5.75 Å². The fraction of sp³-hybridized carbons (Fsp3) is 0.462. The van der Waals surface area contributed by atoms with Crippen molar-refractivity contribution >= 4 is 33.3 Å². The van der Waals surface area contributed by atoms with Gasteiger partial charge in [-0.15, -0.1) is 0 Å². The number of carbonyl (C=O) groups is 1.